The lowest BCUT2D eigenvalue weighted by atomic mass is 9.48. The Hall–Kier alpha value is -2.50. The quantitative estimate of drug-likeness (QED) is 0.215. The highest BCUT2D eigenvalue weighted by atomic mass is 28.4. The van der Waals surface area contributed by atoms with Crippen LogP contribution in [0.1, 0.15) is 89.8 Å². The van der Waals surface area contributed by atoms with Crippen LogP contribution in [0.3, 0.4) is 0 Å². The average molecular weight is 650 g/mol. The molecule has 0 heterocycles. The molecule has 0 amide bonds. The molecular weight excluding hydrogens is 591 g/mol. The molecule has 2 fully saturated rings. The van der Waals surface area contributed by atoms with E-state index in [-0.39, 0.29) is 34.5 Å². The topological polar surface area (TPSA) is 55.5 Å². The van der Waals surface area contributed by atoms with Gasteiger partial charge in [-0.05, 0) is 119 Å². The maximum atomic E-state index is 11.1. The summed E-state index contributed by atoms with van der Waals surface area (Å²) in [5.74, 6) is 1.75. The van der Waals surface area contributed by atoms with Gasteiger partial charge >= 0.3 is 0 Å². The van der Waals surface area contributed by atoms with Gasteiger partial charge in [-0.2, -0.15) is 0 Å². The highest BCUT2D eigenvalue weighted by Gasteiger charge is 2.57. The van der Waals surface area contributed by atoms with Gasteiger partial charge in [-0.15, -0.1) is 0 Å². The molecule has 0 saturated heterocycles. The molecule has 7 atom stereocenters. The van der Waals surface area contributed by atoms with Crippen molar-refractivity contribution >= 4 is 13.9 Å². The molecule has 3 aliphatic rings. The number of aliphatic hydroxyl groups is 1. The van der Waals surface area contributed by atoms with E-state index >= 15 is 0 Å². The molecule has 0 spiro atoms. The van der Waals surface area contributed by atoms with Crippen LogP contribution in [0.25, 0.3) is 5.57 Å². The number of hydrogen-bond donors (Lipinski definition) is 2. The Labute approximate surface area is 286 Å². The first-order chi connectivity index (χ1) is 22.5. The van der Waals surface area contributed by atoms with E-state index in [1.54, 1.807) is 0 Å². The van der Waals surface area contributed by atoms with E-state index in [0.717, 1.165) is 44.3 Å². The van der Waals surface area contributed by atoms with Crippen molar-refractivity contribution in [3.63, 3.8) is 0 Å². The molecule has 3 nitrogen and oxygen atoms in total. The van der Waals surface area contributed by atoms with Crippen LogP contribution in [0.5, 0.6) is 0 Å². The zero-order chi connectivity index (χ0) is 33.3. The van der Waals surface area contributed by atoms with E-state index in [1.807, 2.05) is 0 Å². The van der Waals surface area contributed by atoms with Crippen molar-refractivity contribution < 1.29 is 9.53 Å². The standard InChI is InChI=1S/C43H59NO2Si/c1-41(2,3)47(30-32-15-9-6-10-16-32,31-33-17-11-7-12-18-33)46-36-23-25-42(4,35(27-36)29-45)40-24-26-43(5)38(34-19-13-8-14-20-34)21-22-39(43)37(40)28-44/h6-21,35-37,39-40,45H,22-31,44H2,1-5H3/t35-,36+,37+,39+,40+,42+,43-/m1/s1. The molecule has 3 aliphatic carbocycles. The van der Waals surface area contributed by atoms with Crippen LogP contribution in [-0.2, 0) is 16.5 Å². The van der Waals surface area contributed by atoms with Crippen LogP contribution < -0.4 is 5.73 Å². The van der Waals surface area contributed by atoms with E-state index in [0.29, 0.717) is 17.8 Å². The second-order valence-electron chi connectivity index (χ2n) is 16.8. The van der Waals surface area contributed by atoms with Crippen molar-refractivity contribution in [3.8, 4) is 0 Å². The summed E-state index contributed by atoms with van der Waals surface area (Å²) < 4.78 is 7.66. The third-order valence-corrected chi connectivity index (χ3v) is 18.8. The molecular formula is C43H59NO2Si. The van der Waals surface area contributed by atoms with Crippen LogP contribution in [0, 0.1) is 34.5 Å². The highest BCUT2D eigenvalue weighted by molar-refractivity contribution is 6.75. The van der Waals surface area contributed by atoms with Crippen molar-refractivity contribution in [2.24, 2.45) is 40.2 Å². The van der Waals surface area contributed by atoms with Crippen molar-refractivity contribution in [2.75, 3.05) is 13.2 Å². The Kier molecular flexibility index (Phi) is 10.1. The zero-order valence-electron chi connectivity index (χ0n) is 29.6. The molecule has 3 aromatic carbocycles. The summed E-state index contributed by atoms with van der Waals surface area (Å²) in [4.78, 5) is 0. The predicted molar refractivity (Wildman–Crippen MR) is 199 cm³/mol. The van der Waals surface area contributed by atoms with Crippen molar-refractivity contribution in [3.05, 3.63) is 114 Å². The SMILES string of the molecule is CC(C)(C)[Si](Cc1ccccc1)(Cc1ccccc1)O[C@H]1CC[C@](C)([C@H]2CC[C@]3(C)C(c4ccccc4)=CC[C@H]3[C@@H]2CN)[C@@H](CO)C1. The summed E-state index contributed by atoms with van der Waals surface area (Å²) in [5.41, 5.74) is 12.6. The lowest BCUT2D eigenvalue weighted by Crippen LogP contribution is -2.57. The molecule has 3 aromatic rings. The summed E-state index contributed by atoms with van der Waals surface area (Å²) in [7, 11) is -2.39. The maximum Gasteiger partial charge on any atom is 0.207 e. The fourth-order valence-corrected chi connectivity index (χ4v) is 14.7. The third kappa shape index (κ3) is 6.60. The molecule has 0 unspecified atom stereocenters. The summed E-state index contributed by atoms with van der Waals surface area (Å²) in [6, 6.07) is 35.0. The van der Waals surface area contributed by atoms with E-state index in [4.69, 9.17) is 10.2 Å². The maximum absolute atomic E-state index is 11.1. The zero-order valence-corrected chi connectivity index (χ0v) is 30.6. The van der Waals surface area contributed by atoms with Crippen LogP contribution in [0.4, 0.5) is 0 Å². The smallest absolute Gasteiger partial charge is 0.207 e. The van der Waals surface area contributed by atoms with E-state index in [9.17, 15) is 5.11 Å². The molecule has 252 valence electrons. The number of aliphatic hydroxyl groups excluding tert-OH is 1. The molecule has 0 aliphatic heterocycles. The first-order valence-corrected chi connectivity index (χ1v) is 20.7. The third-order valence-electron chi connectivity index (χ3n) is 13.4. The number of fused-ring (bicyclic) bond motifs is 1. The average Bonchev–Trinajstić information content (AvgIpc) is 3.43. The minimum Gasteiger partial charge on any atom is -0.413 e. The second kappa shape index (κ2) is 13.8. The van der Waals surface area contributed by atoms with Gasteiger partial charge in [-0.1, -0.05) is 132 Å². The fourth-order valence-electron chi connectivity index (χ4n) is 10.3. The molecule has 6 rings (SSSR count). The molecule has 0 bridgehead atoms. The Morgan fingerprint density at radius 2 is 1.38 bits per heavy atom. The highest BCUT2D eigenvalue weighted by Crippen LogP contribution is 2.64. The minimum absolute atomic E-state index is 0.0402. The Morgan fingerprint density at radius 3 is 1.91 bits per heavy atom. The van der Waals surface area contributed by atoms with Crippen molar-refractivity contribution in [2.45, 2.75) is 96.4 Å². The van der Waals surface area contributed by atoms with Crippen molar-refractivity contribution in [1.82, 2.24) is 0 Å². The Bertz CT molecular complexity index is 1440. The summed E-state index contributed by atoms with van der Waals surface area (Å²) in [6.07, 6.45) is 9.28. The largest absolute Gasteiger partial charge is 0.413 e. The Balaban J connectivity index is 1.25. The van der Waals surface area contributed by atoms with E-state index in [2.05, 4.69) is 132 Å². The van der Waals surface area contributed by atoms with Gasteiger partial charge < -0.3 is 15.3 Å². The molecule has 47 heavy (non-hydrogen) atoms. The van der Waals surface area contributed by atoms with Gasteiger partial charge in [0.15, 0.2) is 0 Å². The number of hydrogen-bond acceptors (Lipinski definition) is 3. The number of rotatable bonds is 10. The van der Waals surface area contributed by atoms with Crippen LogP contribution in [-0.4, -0.2) is 32.7 Å². The van der Waals surface area contributed by atoms with Gasteiger partial charge in [-0.25, -0.2) is 0 Å². The van der Waals surface area contributed by atoms with Crippen molar-refractivity contribution in [1.29, 1.82) is 0 Å². The van der Waals surface area contributed by atoms with Gasteiger partial charge in [-0.3, -0.25) is 0 Å². The minimum atomic E-state index is -2.39. The fraction of sp³-hybridized carbons (Fsp3) is 0.535. The number of benzene rings is 3. The van der Waals surface area contributed by atoms with E-state index in [1.165, 1.54) is 35.1 Å². The molecule has 2 saturated carbocycles. The van der Waals surface area contributed by atoms with Gasteiger partial charge in [0.05, 0.1) is 0 Å². The lowest BCUT2D eigenvalue weighted by Gasteiger charge is -2.57. The van der Waals surface area contributed by atoms with Crippen LogP contribution >= 0.6 is 0 Å². The van der Waals surface area contributed by atoms with Crippen LogP contribution in [0.2, 0.25) is 5.04 Å². The molecule has 4 heteroatoms. The first kappa shape index (κ1) is 34.4. The number of nitrogens with two attached hydrogens (primary N) is 1. The molecule has 0 aromatic heterocycles. The van der Waals surface area contributed by atoms with Gasteiger partial charge in [0.1, 0.15) is 0 Å². The summed E-state index contributed by atoms with van der Waals surface area (Å²) >= 11 is 0. The Morgan fingerprint density at radius 1 is 0.809 bits per heavy atom. The van der Waals surface area contributed by atoms with Gasteiger partial charge in [0.2, 0.25) is 8.32 Å². The summed E-state index contributed by atoms with van der Waals surface area (Å²) in [6.45, 7) is 13.2. The van der Waals surface area contributed by atoms with Crippen LogP contribution in [0.15, 0.2) is 97.1 Å². The van der Waals surface area contributed by atoms with Gasteiger partial charge in [0.25, 0.3) is 0 Å². The summed E-state index contributed by atoms with van der Waals surface area (Å²) in [5, 5.41) is 11.1. The number of allylic oxidation sites excluding steroid dienone is 2. The first-order valence-electron chi connectivity index (χ1n) is 18.4. The second-order valence-corrected chi connectivity index (χ2v) is 21.2. The normalized spacial score (nSPS) is 31.3. The molecule has 0 radical (unpaired) electrons. The van der Waals surface area contributed by atoms with Gasteiger partial charge in [0, 0.05) is 12.7 Å². The lowest BCUT2D eigenvalue weighted by molar-refractivity contribution is -0.0886. The predicted octanol–water partition coefficient (Wildman–Crippen LogP) is 9.57. The monoisotopic (exact) mass is 649 g/mol. The van der Waals surface area contributed by atoms with E-state index < -0.39 is 8.32 Å². The molecule has 3 N–H and O–H groups in total.